The summed E-state index contributed by atoms with van der Waals surface area (Å²) in [6, 6.07) is 6.09. The van der Waals surface area contributed by atoms with Gasteiger partial charge in [0.05, 0.1) is 10.5 Å². The van der Waals surface area contributed by atoms with Gasteiger partial charge in [0.1, 0.15) is 0 Å². The second-order valence-electron chi connectivity index (χ2n) is 4.62. The van der Waals surface area contributed by atoms with Crippen molar-refractivity contribution in [1.82, 2.24) is 5.32 Å². The molecule has 0 bridgehead atoms. The quantitative estimate of drug-likeness (QED) is 0.616. The molecule has 0 aromatic heterocycles. The average Bonchev–Trinajstić information content (AvgIpc) is 2.33. The van der Waals surface area contributed by atoms with Gasteiger partial charge in [0.2, 0.25) is 5.91 Å². The third-order valence-corrected chi connectivity index (χ3v) is 3.30. The summed E-state index contributed by atoms with van der Waals surface area (Å²) in [4.78, 5) is 21.8. The van der Waals surface area contributed by atoms with Crippen LogP contribution in [-0.4, -0.2) is 16.4 Å². The van der Waals surface area contributed by atoms with Gasteiger partial charge in [0.25, 0.3) is 5.69 Å². The predicted octanol–water partition coefficient (Wildman–Crippen LogP) is 1.09. The van der Waals surface area contributed by atoms with E-state index < -0.39 is 10.5 Å². The Morgan fingerprint density at radius 3 is 2.44 bits per heavy atom. The van der Waals surface area contributed by atoms with Gasteiger partial charge in [-0.15, -0.1) is 0 Å². The Morgan fingerprint density at radius 1 is 1.39 bits per heavy atom. The van der Waals surface area contributed by atoms with Gasteiger partial charge < -0.3 is 11.1 Å². The molecular weight excluding hydrogens is 234 g/mol. The normalized spacial score (nSPS) is 16.7. The van der Waals surface area contributed by atoms with Crippen LogP contribution in [0.4, 0.5) is 5.69 Å². The summed E-state index contributed by atoms with van der Waals surface area (Å²) < 4.78 is 0. The molecule has 0 aliphatic heterocycles. The maximum absolute atomic E-state index is 11.8. The Labute approximate surface area is 104 Å². The Kier molecular flexibility index (Phi) is 3.29. The summed E-state index contributed by atoms with van der Waals surface area (Å²) in [5.41, 5.74) is 6.02. The predicted molar refractivity (Wildman–Crippen MR) is 65.7 cm³/mol. The van der Waals surface area contributed by atoms with Crippen molar-refractivity contribution in [3.8, 4) is 0 Å². The average molecular weight is 249 g/mol. The molecule has 1 saturated carbocycles. The van der Waals surface area contributed by atoms with E-state index in [1.807, 2.05) is 0 Å². The smallest absolute Gasteiger partial charge is 0.269 e. The van der Waals surface area contributed by atoms with E-state index >= 15 is 0 Å². The van der Waals surface area contributed by atoms with Crippen LogP contribution in [0.5, 0.6) is 0 Å². The maximum atomic E-state index is 11.8. The summed E-state index contributed by atoms with van der Waals surface area (Å²) in [6.45, 7) is 0.343. The topological polar surface area (TPSA) is 98.3 Å². The van der Waals surface area contributed by atoms with Crippen molar-refractivity contribution in [2.24, 2.45) is 5.73 Å². The largest absolute Gasteiger partial charge is 0.350 e. The number of amides is 1. The minimum Gasteiger partial charge on any atom is -0.350 e. The van der Waals surface area contributed by atoms with Gasteiger partial charge in [-0.25, -0.2) is 0 Å². The van der Waals surface area contributed by atoms with E-state index in [2.05, 4.69) is 5.32 Å². The molecule has 6 nitrogen and oxygen atoms in total. The van der Waals surface area contributed by atoms with Crippen LogP contribution in [0.3, 0.4) is 0 Å². The third kappa shape index (κ3) is 2.48. The first-order chi connectivity index (χ1) is 8.51. The molecule has 96 valence electrons. The molecule has 0 unspecified atom stereocenters. The van der Waals surface area contributed by atoms with Crippen LogP contribution in [0, 0.1) is 10.1 Å². The zero-order valence-corrected chi connectivity index (χ0v) is 9.89. The van der Waals surface area contributed by atoms with E-state index in [1.54, 1.807) is 12.1 Å². The first-order valence-corrected chi connectivity index (χ1v) is 5.82. The van der Waals surface area contributed by atoms with Gasteiger partial charge in [0, 0.05) is 18.7 Å². The van der Waals surface area contributed by atoms with Gasteiger partial charge >= 0.3 is 0 Å². The maximum Gasteiger partial charge on any atom is 0.269 e. The van der Waals surface area contributed by atoms with Gasteiger partial charge in [-0.3, -0.25) is 14.9 Å². The summed E-state index contributed by atoms with van der Waals surface area (Å²) in [5.74, 6) is -0.146. The highest BCUT2D eigenvalue weighted by Gasteiger charge is 2.39. The number of hydrogen-bond donors (Lipinski definition) is 2. The second kappa shape index (κ2) is 4.73. The third-order valence-electron chi connectivity index (χ3n) is 3.30. The molecule has 0 atom stereocenters. The highest BCUT2D eigenvalue weighted by Crippen LogP contribution is 2.29. The van der Waals surface area contributed by atoms with Gasteiger partial charge in [-0.05, 0) is 24.8 Å². The molecule has 0 heterocycles. The minimum absolute atomic E-state index is 0.0411. The number of nitrogens with two attached hydrogens (primary N) is 1. The second-order valence-corrected chi connectivity index (χ2v) is 4.62. The molecule has 0 spiro atoms. The Morgan fingerprint density at radius 2 is 2.00 bits per heavy atom. The summed E-state index contributed by atoms with van der Waals surface area (Å²) in [5, 5.41) is 13.2. The van der Waals surface area contributed by atoms with Gasteiger partial charge in [-0.1, -0.05) is 12.1 Å². The fraction of sp³-hybridized carbons (Fsp3) is 0.417. The number of nitrogens with zero attached hydrogens (tertiary/aromatic N) is 1. The van der Waals surface area contributed by atoms with Crippen molar-refractivity contribution in [2.45, 2.75) is 31.3 Å². The van der Waals surface area contributed by atoms with Crippen molar-refractivity contribution in [2.75, 3.05) is 0 Å². The number of nitrogens with one attached hydrogen (secondary N) is 1. The molecule has 1 aliphatic rings. The Bertz CT molecular complexity index is 466. The molecule has 18 heavy (non-hydrogen) atoms. The van der Waals surface area contributed by atoms with E-state index in [4.69, 9.17) is 5.73 Å². The molecule has 0 radical (unpaired) electrons. The molecule has 1 aromatic rings. The SMILES string of the molecule is NC1(C(=O)NCc2ccc([N+](=O)[O-])cc2)CCC1. The molecule has 2 rings (SSSR count). The van der Waals surface area contributed by atoms with E-state index in [0.29, 0.717) is 6.54 Å². The lowest BCUT2D eigenvalue weighted by Gasteiger charge is -2.36. The van der Waals surface area contributed by atoms with E-state index in [-0.39, 0.29) is 11.6 Å². The highest BCUT2D eigenvalue weighted by atomic mass is 16.6. The molecule has 1 aromatic carbocycles. The molecular formula is C12H15N3O3. The zero-order valence-electron chi connectivity index (χ0n) is 9.89. The first kappa shape index (κ1) is 12.5. The standard InChI is InChI=1S/C12H15N3O3/c13-12(6-1-7-12)11(16)14-8-9-2-4-10(5-3-9)15(17)18/h2-5H,1,6-8,13H2,(H,14,16). The van der Waals surface area contributed by atoms with Crippen molar-refractivity contribution in [1.29, 1.82) is 0 Å². The molecule has 1 aliphatic carbocycles. The van der Waals surface area contributed by atoms with Crippen molar-refractivity contribution in [3.05, 3.63) is 39.9 Å². The van der Waals surface area contributed by atoms with Crippen molar-refractivity contribution < 1.29 is 9.72 Å². The van der Waals surface area contributed by atoms with E-state index in [9.17, 15) is 14.9 Å². The number of nitro benzene ring substituents is 1. The number of rotatable bonds is 4. The van der Waals surface area contributed by atoms with Crippen molar-refractivity contribution in [3.63, 3.8) is 0 Å². The summed E-state index contributed by atoms with van der Waals surface area (Å²) in [6.07, 6.45) is 2.43. The number of non-ortho nitro benzene ring substituents is 1. The van der Waals surface area contributed by atoms with E-state index in [1.165, 1.54) is 12.1 Å². The molecule has 6 heteroatoms. The molecule has 1 fully saturated rings. The van der Waals surface area contributed by atoms with Crippen molar-refractivity contribution >= 4 is 11.6 Å². The van der Waals surface area contributed by atoms with Crippen LogP contribution < -0.4 is 11.1 Å². The number of benzene rings is 1. The number of hydrogen-bond acceptors (Lipinski definition) is 4. The van der Waals surface area contributed by atoms with Crippen LogP contribution in [0.15, 0.2) is 24.3 Å². The van der Waals surface area contributed by atoms with Crippen LogP contribution in [0.25, 0.3) is 0 Å². The van der Waals surface area contributed by atoms with Crippen LogP contribution in [-0.2, 0) is 11.3 Å². The fourth-order valence-corrected chi connectivity index (χ4v) is 1.88. The summed E-state index contributed by atoms with van der Waals surface area (Å²) in [7, 11) is 0. The molecule has 0 saturated heterocycles. The lowest BCUT2D eigenvalue weighted by Crippen LogP contribution is -2.58. The zero-order chi connectivity index (χ0) is 13.2. The summed E-state index contributed by atoms with van der Waals surface area (Å²) >= 11 is 0. The lowest BCUT2D eigenvalue weighted by atomic mass is 9.77. The van der Waals surface area contributed by atoms with Crippen LogP contribution in [0.1, 0.15) is 24.8 Å². The lowest BCUT2D eigenvalue weighted by molar-refractivity contribution is -0.384. The molecule has 1 amide bonds. The fourth-order valence-electron chi connectivity index (χ4n) is 1.88. The monoisotopic (exact) mass is 249 g/mol. The number of carbonyl (C=O) groups excluding carboxylic acids is 1. The first-order valence-electron chi connectivity index (χ1n) is 5.82. The van der Waals surface area contributed by atoms with E-state index in [0.717, 1.165) is 24.8 Å². The van der Waals surface area contributed by atoms with Gasteiger partial charge in [-0.2, -0.15) is 0 Å². The minimum atomic E-state index is -0.708. The van der Waals surface area contributed by atoms with Crippen LogP contribution >= 0.6 is 0 Å². The number of carbonyl (C=O) groups is 1. The molecule has 3 N–H and O–H groups in total. The Hall–Kier alpha value is -1.95. The van der Waals surface area contributed by atoms with Crippen LogP contribution in [0.2, 0.25) is 0 Å². The highest BCUT2D eigenvalue weighted by molar-refractivity contribution is 5.86. The Balaban J connectivity index is 1.90. The van der Waals surface area contributed by atoms with Gasteiger partial charge in [0.15, 0.2) is 0 Å². The number of nitro groups is 1.